The summed E-state index contributed by atoms with van der Waals surface area (Å²) in [5.74, 6) is -0.887. The summed E-state index contributed by atoms with van der Waals surface area (Å²) >= 11 is 0. The largest absolute Gasteiger partial charge is 0.466 e. The number of esters is 4. The van der Waals surface area contributed by atoms with Crippen molar-refractivity contribution >= 4 is 23.9 Å². The molecule has 0 aliphatic carbocycles. The van der Waals surface area contributed by atoms with E-state index in [1.807, 2.05) is 20.8 Å². The molecule has 0 saturated heterocycles. The summed E-state index contributed by atoms with van der Waals surface area (Å²) in [6.07, 6.45) is 34.9. The molecule has 0 aliphatic heterocycles. The standard InChI is InChI=1S/C49H92O8/c1-7-10-41-54-44(50)37-33-29-25-21-17-13-15-19-23-27-31-35-39-49(46(52)56-43-12-9-3,47(53)57-48(4,5)6)40-36-32-28-24-20-16-14-18-22-26-30-34-38-45(51)55-42-11-8-2/h7-43H2,1-6H3. The fraction of sp³-hybridized carbons (Fsp3) is 0.918. The van der Waals surface area contributed by atoms with E-state index in [-0.39, 0.29) is 17.9 Å². The first-order valence-corrected chi connectivity index (χ1v) is 24.2. The maximum atomic E-state index is 13.8. The van der Waals surface area contributed by atoms with E-state index < -0.39 is 17.0 Å². The maximum Gasteiger partial charge on any atom is 0.324 e. The molecule has 0 heterocycles. The van der Waals surface area contributed by atoms with E-state index in [2.05, 4.69) is 20.8 Å². The van der Waals surface area contributed by atoms with E-state index in [9.17, 15) is 19.2 Å². The Morgan fingerprint density at radius 2 is 0.632 bits per heavy atom. The van der Waals surface area contributed by atoms with Crippen LogP contribution in [0.15, 0.2) is 0 Å². The molecule has 0 saturated carbocycles. The van der Waals surface area contributed by atoms with Crippen LogP contribution in [0, 0.1) is 5.41 Å². The molecule has 0 atom stereocenters. The molecular weight excluding hydrogens is 717 g/mol. The summed E-state index contributed by atoms with van der Waals surface area (Å²) in [4.78, 5) is 51.0. The zero-order chi connectivity index (χ0) is 42.3. The minimum Gasteiger partial charge on any atom is -0.466 e. The van der Waals surface area contributed by atoms with Crippen molar-refractivity contribution < 1.29 is 38.1 Å². The lowest BCUT2D eigenvalue weighted by Gasteiger charge is -2.33. The Kier molecular flexibility index (Phi) is 36.7. The van der Waals surface area contributed by atoms with Crippen LogP contribution in [-0.2, 0) is 38.1 Å². The van der Waals surface area contributed by atoms with Gasteiger partial charge in [0, 0.05) is 12.8 Å². The summed E-state index contributed by atoms with van der Waals surface area (Å²) in [7, 11) is 0. The van der Waals surface area contributed by atoms with Crippen LogP contribution in [0.25, 0.3) is 0 Å². The lowest BCUT2D eigenvalue weighted by Crippen LogP contribution is -2.45. The van der Waals surface area contributed by atoms with Gasteiger partial charge < -0.3 is 18.9 Å². The Morgan fingerprint density at radius 1 is 0.351 bits per heavy atom. The van der Waals surface area contributed by atoms with Crippen LogP contribution in [0.1, 0.15) is 260 Å². The van der Waals surface area contributed by atoms with E-state index in [0.717, 1.165) is 103 Å². The second kappa shape index (κ2) is 38.1. The van der Waals surface area contributed by atoms with Gasteiger partial charge in [-0.3, -0.25) is 19.2 Å². The number of hydrogen-bond acceptors (Lipinski definition) is 8. The van der Waals surface area contributed by atoms with Crippen LogP contribution in [0.3, 0.4) is 0 Å². The number of hydrogen-bond donors (Lipinski definition) is 0. The normalized spacial score (nSPS) is 11.8. The van der Waals surface area contributed by atoms with Crippen LogP contribution >= 0.6 is 0 Å². The fourth-order valence-electron chi connectivity index (χ4n) is 7.17. The highest BCUT2D eigenvalue weighted by atomic mass is 16.6. The lowest BCUT2D eigenvalue weighted by molar-refractivity contribution is -0.181. The van der Waals surface area contributed by atoms with Gasteiger partial charge in [-0.05, 0) is 65.7 Å². The summed E-state index contributed by atoms with van der Waals surface area (Å²) < 4.78 is 22.2. The van der Waals surface area contributed by atoms with Gasteiger partial charge in [0.25, 0.3) is 0 Å². The Labute approximate surface area is 351 Å². The third-order valence-electron chi connectivity index (χ3n) is 10.9. The van der Waals surface area contributed by atoms with Crippen molar-refractivity contribution in [2.75, 3.05) is 19.8 Å². The molecule has 0 spiro atoms. The molecule has 0 radical (unpaired) electrons. The van der Waals surface area contributed by atoms with E-state index in [4.69, 9.17) is 18.9 Å². The fourth-order valence-corrected chi connectivity index (χ4v) is 7.17. The van der Waals surface area contributed by atoms with Crippen LogP contribution in [0.4, 0.5) is 0 Å². The Bertz CT molecular complexity index is 921. The molecule has 57 heavy (non-hydrogen) atoms. The molecule has 0 rings (SSSR count). The van der Waals surface area contributed by atoms with Crippen LogP contribution in [-0.4, -0.2) is 49.3 Å². The SMILES string of the molecule is CCCCOC(=O)CCCCCCCCCCCCCCC(CCCCCCCCCCCCCCC(=O)OCCCC)(C(=O)OCCCC)C(=O)OC(C)(C)C. The summed E-state index contributed by atoms with van der Waals surface area (Å²) in [5.41, 5.74) is -1.90. The van der Waals surface area contributed by atoms with Crippen molar-refractivity contribution in [2.24, 2.45) is 5.41 Å². The van der Waals surface area contributed by atoms with Gasteiger partial charge in [-0.1, -0.05) is 181 Å². The molecule has 0 unspecified atom stereocenters. The molecule has 0 amide bonds. The molecule has 0 bridgehead atoms. The Balaban J connectivity index is 4.54. The highest BCUT2D eigenvalue weighted by Crippen LogP contribution is 2.37. The smallest absolute Gasteiger partial charge is 0.324 e. The topological polar surface area (TPSA) is 105 Å². The molecule has 0 aliphatic rings. The van der Waals surface area contributed by atoms with Gasteiger partial charge in [0.2, 0.25) is 0 Å². The molecule has 0 aromatic carbocycles. The van der Waals surface area contributed by atoms with Crippen LogP contribution in [0.2, 0.25) is 0 Å². The highest BCUT2D eigenvalue weighted by molar-refractivity contribution is 6.00. The molecule has 0 aromatic rings. The second-order valence-corrected chi connectivity index (χ2v) is 17.7. The number of rotatable bonds is 41. The van der Waals surface area contributed by atoms with Gasteiger partial charge in [-0.15, -0.1) is 0 Å². The minimum atomic E-state index is -1.23. The van der Waals surface area contributed by atoms with E-state index >= 15 is 0 Å². The average Bonchev–Trinajstić information content (AvgIpc) is 3.16. The van der Waals surface area contributed by atoms with Gasteiger partial charge in [-0.2, -0.15) is 0 Å². The zero-order valence-electron chi connectivity index (χ0n) is 38.4. The second-order valence-electron chi connectivity index (χ2n) is 17.7. The number of carbonyl (C=O) groups is 4. The van der Waals surface area contributed by atoms with Crippen molar-refractivity contribution in [3.05, 3.63) is 0 Å². The minimum absolute atomic E-state index is 0.0475. The predicted molar refractivity (Wildman–Crippen MR) is 235 cm³/mol. The molecule has 0 aromatic heterocycles. The van der Waals surface area contributed by atoms with Gasteiger partial charge in [0.1, 0.15) is 5.60 Å². The van der Waals surface area contributed by atoms with Crippen molar-refractivity contribution in [3.8, 4) is 0 Å². The first kappa shape index (κ1) is 54.9. The maximum absolute atomic E-state index is 13.8. The van der Waals surface area contributed by atoms with Crippen molar-refractivity contribution in [1.29, 1.82) is 0 Å². The summed E-state index contributed by atoms with van der Waals surface area (Å²) in [6, 6.07) is 0. The molecule has 8 nitrogen and oxygen atoms in total. The molecule has 0 fully saturated rings. The zero-order valence-corrected chi connectivity index (χ0v) is 38.4. The quantitative estimate of drug-likeness (QED) is 0.0260. The van der Waals surface area contributed by atoms with Gasteiger partial charge in [0.15, 0.2) is 5.41 Å². The molecule has 0 N–H and O–H groups in total. The predicted octanol–water partition coefficient (Wildman–Crippen LogP) is 14.3. The molecule has 336 valence electrons. The average molecular weight is 809 g/mol. The van der Waals surface area contributed by atoms with Gasteiger partial charge in [0.05, 0.1) is 19.8 Å². The molecule has 8 heteroatoms. The number of unbranched alkanes of at least 4 members (excludes halogenated alkanes) is 25. The third-order valence-corrected chi connectivity index (χ3v) is 10.9. The Hall–Kier alpha value is -2.12. The van der Waals surface area contributed by atoms with Gasteiger partial charge in [-0.25, -0.2) is 0 Å². The van der Waals surface area contributed by atoms with E-state index in [1.54, 1.807) is 0 Å². The number of carbonyl (C=O) groups excluding carboxylic acids is 4. The first-order chi connectivity index (χ1) is 27.5. The molecular formula is C49H92O8. The summed E-state index contributed by atoms with van der Waals surface area (Å²) in [6.45, 7) is 13.4. The van der Waals surface area contributed by atoms with E-state index in [0.29, 0.717) is 45.5 Å². The monoisotopic (exact) mass is 809 g/mol. The summed E-state index contributed by atoms with van der Waals surface area (Å²) in [5, 5.41) is 0. The van der Waals surface area contributed by atoms with Crippen molar-refractivity contribution in [2.45, 2.75) is 265 Å². The van der Waals surface area contributed by atoms with E-state index in [1.165, 1.54) is 89.9 Å². The Morgan fingerprint density at radius 3 is 0.930 bits per heavy atom. The lowest BCUT2D eigenvalue weighted by atomic mass is 9.77. The number of ether oxygens (including phenoxy) is 4. The first-order valence-electron chi connectivity index (χ1n) is 24.2. The van der Waals surface area contributed by atoms with Crippen molar-refractivity contribution in [1.82, 2.24) is 0 Å². The third kappa shape index (κ3) is 33.4. The highest BCUT2D eigenvalue weighted by Gasteiger charge is 2.49. The van der Waals surface area contributed by atoms with Gasteiger partial charge >= 0.3 is 23.9 Å². The van der Waals surface area contributed by atoms with Crippen LogP contribution < -0.4 is 0 Å². The van der Waals surface area contributed by atoms with Crippen molar-refractivity contribution in [3.63, 3.8) is 0 Å². The van der Waals surface area contributed by atoms with Crippen LogP contribution in [0.5, 0.6) is 0 Å².